The smallest absolute Gasteiger partial charge is 0.407 e. The predicted octanol–water partition coefficient (Wildman–Crippen LogP) is 1.73. The molecule has 0 aliphatic heterocycles. The number of pyridine rings is 1. The molecule has 0 saturated carbocycles. The van der Waals surface area contributed by atoms with E-state index in [1.807, 2.05) is 18.2 Å². The molecule has 1 radical (unpaired) electrons. The van der Waals surface area contributed by atoms with Crippen LogP contribution in [0.15, 0.2) is 24.4 Å². The standard InChI is InChI=1S/C11H16N2O2.Na/c1-2-3-8-15-11(14)13-9-10-6-4-5-7-12-10;/h4-7H,2-3,8-9H2,1H3,(H,13,14);. The van der Waals surface area contributed by atoms with E-state index in [9.17, 15) is 4.79 Å². The van der Waals surface area contributed by atoms with E-state index in [-0.39, 0.29) is 35.7 Å². The second-order valence-electron chi connectivity index (χ2n) is 3.16. The molecule has 4 nitrogen and oxygen atoms in total. The minimum absolute atomic E-state index is 0. The van der Waals surface area contributed by atoms with E-state index in [1.165, 1.54) is 0 Å². The van der Waals surface area contributed by atoms with Gasteiger partial charge in [0.25, 0.3) is 0 Å². The maximum absolute atomic E-state index is 11.1. The van der Waals surface area contributed by atoms with Gasteiger partial charge in [0.2, 0.25) is 0 Å². The third-order valence-electron chi connectivity index (χ3n) is 1.87. The van der Waals surface area contributed by atoms with E-state index in [0.717, 1.165) is 18.5 Å². The summed E-state index contributed by atoms with van der Waals surface area (Å²) < 4.78 is 4.93. The van der Waals surface area contributed by atoms with Crippen LogP contribution in [0, 0.1) is 0 Å². The minimum atomic E-state index is -0.380. The van der Waals surface area contributed by atoms with Crippen LogP contribution in [0.4, 0.5) is 4.79 Å². The van der Waals surface area contributed by atoms with Gasteiger partial charge < -0.3 is 10.1 Å². The van der Waals surface area contributed by atoms with Crippen molar-refractivity contribution in [1.82, 2.24) is 10.3 Å². The molecule has 0 atom stereocenters. The molecule has 0 fully saturated rings. The summed E-state index contributed by atoms with van der Waals surface area (Å²) in [5.74, 6) is 0. The summed E-state index contributed by atoms with van der Waals surface area (Å²) in [5.41, 5.74) is 0.824. The Bertz CT molecular complexity index is 293. The number of ether oxygens (including phenoxy) is 1. The fourth-order valence-corrected chi connectivity index (χ4v) is 1.03. The number of nitrogens with zero attached hydrogens (tertiary/aromatic N) is 1. The molecule has 0 aromatic carbocycles. The van der Waals surface area contributed by atoms with Crippen LogP contribution in [-0.4, -0.2) is 47.2 Å². The summed E-state index contributed by atoms with van der Waals surface area (Å²) in [6.45, 7) is 2.94. The van der Waals surface area contributed by atoms with E-state index in [2.05, 4.69) is 17.2 Å². The molecule has 16 heavy (non-hydrogen) atoms. The molecule has 0 saturated heterocycles. The Balaban J connectivity index is 0.00000225. The van der Waals surface area contributed by atoms with E-state index < -0.39 is 0 Å². The van der Waals surface area contributed by atoms with Crippen LogP contribution in [0.25, 0.3) is 0 Å². The minimum Gasteiger partial charge on any atom is -0.450 e. The van der Waals surface area contributed by atoms with Gasteiger partial charge in [-0.1, -0.05) is 19.4 Å². The van der Waals surface area contributed by atoms with Crippen molar-refractivity contribution in [1.29, 1.82) is 0 Å². The molecular formula is C11H16N2NaO2. The van der Waals surface area contributed by atoms with Crippen molar-refractivity contribution >= 4 is 35.7 Å². The molecule has 5 heteroatoms. The van der Waals surface area contributed by atoms with Crippen molar-refractivity contribution in [3.63, 3.8) is 0 Å². The Morgan fingerprint density at radius 3 is 2.94 bits per heavy atom. The zero-order valence-corrected chi connectivity index (χ0v) is 11.9. The maximum atomic E-state index is 11.1. The van der Waals surface area contributed by atoms with Gasteiger partial charge in [0, 0.05) is 35.8 Å². The molecule has 0 aliphatic rings. The summed E-state index contributed by atoms with van der Waals surface area (Å²) >= 11 is 0. The first kappa shape index (κ1) is 15.4. The first-order valence-electron chi connectivity index (χ1n) is 5.13. The quantitative estimate of drug-likeness (QED) is 0.620. The first-order chi connectivity index (χ1) is 7.33. The predicted molar refractivity (Wildman–Crippen MR) is 63.1 cm³/mol. The van der Waals surface area contributed by atoms with Gasteiger partial charge in [0.1, 0.15) is 0 Å². The zero-order valence-electron chi connectivity index (χ0n) is 9.90. The summed E-state index contributed by atoms with van der Waals surface area (Å²) in [7, 11) is 0. The number of carbonyl (C=O) groups is 1. The van der Waals surface area contributed by atoms with Gasteiger partial charge in [-0.25, -0.2) is 4.79 Å². The Kier molecular flexibility index (Phi) is 9.28. The molecule has 0 bridgehead atoms. The molecule has 1 rings (SSSR count). The normalized spacial score (nSPS) is 9.06. The fourth-order valence-electron chi connectivity index (χ4n) is 1.03. The molecule has 1 aromatic heterocycles. The average Bonchev–Trinajstić information content (AvgIpc) is 2.28. The van der Waals surface area contributed by atoms with Crippen molar-refractivity contribution in [2.45, 2.75) is 26.3 Å². The Morgan fingerprint density at radius 2 is 2.31 bits per heavy atom. The average molecular weight is 231 g/mol. The maximum Gasteiger partial charge on any atom is 0.407 e. The SMILES string of the molecule is CCCCOC(=O)NCc1ccccn1.[Na]. The first-order valence-corrected chi connectivity index (χ1v) is 5.13. The number of unbranched alkanes of at least 4 members (excludes halogenated alkanes) is 1. The van der Waals surface area contributed by atoms with Crippen molar-refractivity contribution in [2.24, 2.45) is 0 Å². The summed E-state index contributed by atoms with van der Waals surface area (Å²) in [5, 5.41) is 2.63. The largest absolute Gasteiger partial charge is 0.450 e. The molecule has 0 unspecified atom stereocenters. The Labute approximate surface area is 118 Å². The van der Waals surface area contributed by atoms with Gasteiger partial charge in [-0.3, -0.25) is 4.98 Å². The van der Waals surface area contributed by atoms with Gasteiger partial charge in [-0.2, -0.15) is 0 Å². The van der Waals surface area contributed by atoms with Crippen LogP contribution < -0.4 is 5.32 Å². The monoisotopic (exact) mass is 231 g/mol. The number of alkyl carbamates (subject to hydrolysis) is 1. The topological polar surface area (TPSA) is 51.2 Å². The third kappa shape index (κ3) is 6.82. The summed E-state index contributed by atoms with van der Waals surface area (Å²) in [4.78, 5) is 15.2. The van der Waals surface area contributed by atoms with Gasteiger partial charge in [-0.05, 0) is 18.6 Å². The van der Waals surface area contributed by atoms with Crippen LogP contribution >= 0.6 is 0 Å². The van der Waals surface area contributed by atoms with E-state index >= 15 is 0 Å². The van der Waals surface area contributed by atoms with Crippen LogP contribution in [-0.2, 0) is 11.3 Å². The molecule has 0 spiro atoms. The van der Waals surface area contributed by atoms with Crippen LogP contribution in [0.2, 0.25) is 0 Å². The number of nitrogens with one attached hydrogen (secondary N) is 1. The number of rotatable bonds is 5. The molecule has 1 aromatic rings. The number of amides is 1. The van der Waals surface area contributed by atoms with Crippen LogP contribution in [0.3, 0.4) is 0 Å². The number of hydrogen-bond acceptors (Lipinski definition) is 3. The molecule has 0 aliphatic carbocycles. The number of aromatic nitrogens is 1. The second kappa shape index (κ2) is 9.63. The van der Waals surface area contributed by atoms with Crippen LogP contribution in [0.5, 0.6) is 0 Å². The second-order valence-corrected chi connectivity index (χ2v) is 3.16. The van der Waals surface area contributed by atoms with E-state index in [0.29, 0.717) is 13.2 Å². The van der Waals surface area contributed by atoms with Crippen molar-refractivity contribution < 1.29 is 9.53 Å². The molecule has 1 N–H and O–H groups in total. The van der Waals surface area contributed by atoms with Crippen molar-refractivity contribution in [2.75, 3.05) is 6.61 Å². The Morgan fingerprint density at radius 1 is 1.50 bits per heavy atom. The fraction of sp³-hybridized carbons (Fsp3) is 0.455. The molecule has 1 amide bonds. The Hall–Kier alpha value is -0.580. The van der Waals surface area contributed by atoms with Gasteiger partial charge in [0.15, 0.2) is 0 Å². The third-order valence-corrected chi connectivity index (χ3v) is 1.87. The number of hydrogen-bond donors (Lipinski definition) is 1. The van der Waals surface area contributed by atoms with Gasteiger partial charge in [-0.15, -0.1) is 0 Å². The molecule has 1 heterocycles. The van der Waals surface area contributed by atoms with Gasteiger partial charge >= 0.3 is 6.09 Å². The van der Waals surface area contributed by atoms with E-state index in [4.69, 9.17) is 4.74 Å². The van der Waals surface area contributed by atoms with Gasteiger partial charge in [0.05, 0.1) is 18.8 Å². The number of carbonyl (C=O) groups excluding carboxylic acids is 1. The van der Waals surface area contributed by atoms with Crippen molar-refractivity contribution in [3.8, 4) is 0 Å². The summed E-state index contributed by atoms with van der Waals surface area (Å²) in [6, 6.07) is 5.57. The zero-order chi connectivity index (χ0) is 10.9. The summed E-state index contributed by atoms with van der Waals surface area (Å²) in [6.07, 6.45) is 3.23. The van der Waals surface area contributed by atoms with E-state index in [1.54, 1.807) is 6.20 Å². The molecule has 83 valence electrons. The van der Waals surface area contributed by atoms with Crippen molar-refractivity contribution in [3.05, 3.63) is 30.1 Å². The van der Waals surface area contributed by atoms with Crippen LogP contribution in [0.1, 0.15) is 25.5 Å². The molecular weight excluding hydrogens is 215 g/mol.